The fraction of sp³-hybridized carbons (Fsp3) is 0.381. The minimum atomic E-state index is -3.42. The van der Waals surface area contributed by atoms with Crippen molar-refractivity contribution >= 4 is 45.0 Å². The molecule has 0 aliphatic carbocycles. The first-order valence-corrected chi connectivity index (χ1v) is 12.6. The van der Waals surface area contributed by atoms with Crippen LogP contribution in [0, 0.1) is 13.8 Å². The van der Waals surface area contributed by atoms with Crippen LogP contribution in [0.15, 0.2) is 47.4 Å². The zero-order valence-corrected chi connectivity index (χ0v) is 19.3. The molecule has 0 spiro atoms. The third-order valence-electron chi connectivity index (χ3n) is 4.31. The second-order valence-electron chi connectivity index (χ2n) is 6.88. The molecule has 5 nitrogen and oxygen atoms in total. The van der Waals surface area contributed by atoms with E-state index in [2.05, 4.69) is 5.32 Å². The molecule has 0 atom stereocenters. The van der Waals surface area contributed by atoms with Crippen molar-refractivity contribution < 1.29 is 13.2 Å². The Bertz CT molecular complexity index is 931. The molecule has 0 saturated heterocycles. The van der Waals surface area contributed by atoms with E-state index >= 15 is 0 Å². The lowest BCUT2D eigenvalue weighted by atomic mass is 10.1. The molecule has 0 unspecified atom stereocenters. The molecule has 2 aromatic carbocycles. The third-order valence-corrected chi connectivity index (χ3v) is 6.75. The summed E-state index contributed by atoms with van der Waals surface area (Å²) in [6.45, 7) is 4.64. The van der Waals surface area contributed by atoms with Crippen molar-refractivity contribution in [1.29, 1.82) is 0 Å². The Balaban J connectivity index is 1.79. The van der Waals surface area contributed by atoms with E-state index in [1.165, 1.54) is 10.6 Å². The number of hydrogen-bond donors (Lipinski definition) is 1. The fourth-order valence-corrected chi connectivity index (χ4v) is 4.72. The minimum Gasteiger partial charge on any atom is -0.355 e. The average molecular weight is 455 g/mol. The van der Waals surface area contributed by atoms with E-state index in [0.29, 0.717) is 23.7 Å². The van der Waals surface area contributed by atoms with Gasteiger partial charge in [-0.3, -0.25) is 9.10 Å². The second kappa shape index (κ2) is 10.9. The van der Waals surface area contributed by atoms with E-state index < -0.39 is 10.0 Å². The Kier molecular flexibility index (Phi) is 8.86. The van der Waals surface area contributed by atoms with Gasteiger partial charge < -0.3 is 5.32 Å². The first-order valence-electron chi connectivity index (χ1n) is 9.37. The molecule has 0 saturated carbocycles. The quantitative estimate of drug-likeness (QED) is 0.426. The van der Waals surface area contributed by atoms with Gasteiger partial charge >= 0.3 is 0 Å². The predicted molar refractivity (Wildman–Crippen MR) is 123 cm³/mol. The third kappa shape index (κ3) is 7.91. The molecule has 2 rings (SSSR count). The van der Waals surface area contributed by atoms with Gasteiger partial charge in [0, 0.05) is 35.2 Å². The Hall–Kier alpha value is -1.70. The minimum absolute atomic E-state index is 0.0730. The van der Waals surface area contributed by atoms with E-state index in [1.54, 1.807) is 11.8 Å². The molecule has 0 aromatic heterocycles. The van der Waals surface area contributed by atoms with Crippen LogP contribution < -0.4 is 9.62 Å². The molecule has 0 radical (unpaired) electrons. The van der Waals surface area contributed by atoms with Crippen LogP contribution in [0.4, 0.5) is 5.69 Å². The summed E-state index contributed by atoms with van der Waals surface area (Å²) in [5, 5.41) is 3.58. The highest BCUT2D eigenvalue weighted by Crippen LogP contribution is 2.24. The van der Waals surface area contributed by atoms with Gasteiger partial charge in [0.2, 0.25) is 15.9 Å². The van der Waals surface area contributed by atoms with Crippen molar-refractivity contribution in [2.24, 2.45) is 0 Å². The van der Waals surface area contributed by atoms with Crippen molar-refractivity contribution in [3.8, 4) is 0 Å². The molecule has 158 valence electrons. The van der Waals surface area contributed by atoms with Crippen LogP contribution in [0.2, 0.25) is 5.02 Å². The molecule has 1 N–H and O–H groups in total. The van der Waals surface area contributed by atoms with Crippen molar-refractivity contribution in [3.05, 3.63) is 58.6 Å². The number of thioether (sulfide) groups is 1. The van der Waals surface area contributed by atoms with E-state index in [0.717, 1.165) is 21.8 Å². The van der Waals surface area contributed by atoms with Gasteiger partial charge in [-0.15, -0.1) is 11.8 Å². The van der Waals surface area contributed by atoms with Crippen molar-refractivity contribution in [2.75, 3.05) is 29.4 Å². The van der Waals surface area contributed by atoms with Crippen LogP contribution in [0.3, 0.4) is 0 Å². The molecular weight excluding hydrogens is 428 g/mol. The summed E-state index contributed by atoms with van der Waals surface area (Å²) in [5.74, 6) is 0.682. The molecule has 0 aliphatic rings. The van der Waals surface area contributed by atoms with Crippen molar-refractivity contribution in [3.63, 3.8) is 0 Å². The van der Waals surface area contributed by atoms with Gasteiger partial charge in [0.1, 0.15) is 0 Å². The monoisotopic (exact) mass is 454 g/mol. The number of sulfonamides is 1. The molecule has 0 aliphatic heterocycles. The maximum Gasteiger partial charge on any atom is 0.232 e. The van der Waals surface area contributed by atoms with Gasteiger partial charge in [0.05, 0.1) is 11.9 Å². The lowest BCUT2D eigenvalue weighted by molar-refractivity contribution is -0.121. The summed E-state index contributed by atoms with van der Waals surface area (Å²) in [6, 6.07) is 13.3. The number of carbonyl (C=O) groups excluding carboxylic acids is 1. The lowest BCUT2D eigenvalue weighted by Gasteiger charge is -2.24. The number of rotatable bonds is 10. The van der Waals surface area contributed by atoms with Crippen LogP contribution in [0.25, 0.3) is 0 Å². The van der Waals surface area contributed by atoms with E-state index in [4.69, 9.17) is 11.6 Å². The fourth-order valence-electron chi connectivity index (χ4n) is 2.81. The Morgan fingerprint density at radius 1 is 1.14 bits per heavy atom. The number of hydrogen-bond acceptors (Lipinski definition) is 4. The number of anilines is 1. The van der Waals surface area contributed by atoms with Crippen LogP contribution in [0.1, 0.15) is 24.0 Å². The van der Waals surface area contributed by atoms with Crippen LogP contribution >= 0.6 is 23.4 Å². The highest BCUT2D eigenvalue weighted by Gasteiger charge is 2.19. The second-order valence-corrected chi connectivity index (χ2v) is 10.4. The highest BCUT2D eigenvalue weighted by atomic mass is 35.5. The van der Waals surface area contributed by atoms with Gasteiger partial charge in [-0.05, 0) is 61.7 Å². The first kappa shape index (κ1) is 23.6. The largest absolute Gasteiger partial charge is 0.355 e. The molecule has 8 heteroatoms. The van der Waals surface area contributed by atoms with Crippen molar-refractivity contribution in [2.45, 2.75) is 31.6 Å². The summed E-state index contributed by atoms with van der Waals surface area (Å²) in [5.41, 5.74) is 2.56. The molecule has 29 heavy (non-hydrogen) atoms. The number of nitrogens with one attached hydrogen (secondary N) is 1. The van der Waals surface area contributed by atoms with E-state index in [-0.39, 0.29) is 18.9 Å². The van der Waals surface area contributed by atoms with Gasteiger partial charge in [-0.2, -0.15) is 0 Å². The number of carbonyl (C=O) groups is 1. The average Bonchev–Trinajstić information content (AvgIpc) is 2.65. The number of amides is 1. The zero-order valence-electron chi connectivity index (χ0n) is 16.9. The first-order chi connectivity index (χ1) is 13.7. The number of benzene rings is 2. The number of halogens is 1. The molecule has 0 bridgehead atoms. The maximum absolute atomic E-state index is 12.3. The zero-order chi connectivity index (χ0) is 21.4. The summed E-state index contributed by atoms with van der Waals surface area (Å²) < 4.78 is 25.9. The smallest absolute Gasteiger partial charge is 0.232 e. The molecule has 0 fully saturated rings. The summed E-state index contributed by atoms with van der Waals surface area (Å²) >= 11 is 7.50. The summed E-state index contributed by atoms with van der Waals surface area (Å²) in [4.78, 5) is 13.2. The van der Waals surface area contributed by atoms with Gasteiger partial charge in [-0.25, -0.2) is 8.42 Å². The van der Waals surface area contributed by atoms with Crippen LogP contribution in [-0.4, -0.2) is 39.4 Å². The van der Waals surface area contributed by atoms with Crippen molar-refractivity contribution in [1.82, 2.24) is 5.32 Å². The van der Waals surface area contributed by atoms with Gasteiger partial charge in [0.15, 0.2) is 0 Å². The van der Waals surface area contributed by atoms with Crippen LogP contribution in [0.5, 0.6) is 0 Å². The topological polar surface area (TPSA) is 66.5 Å². The standard InChI is InChI=1S/C21H27ClN2O3S2/c1-16-6-7-17(2)20(15-16)24(29(3,26)27)13-4-5-21(25)23-12-14-28-19-10-8-18(22)9-11-19/h6-11,15H,4-5,12-14H2,1-3H3,(H,23,25). The van der Waals surface area contributed by atoms with Crippen LogP contribution in [-0.2, 0) is 14.8 Å². The predicted octanol–water partition coefficient (Wildman–Crippen LogP) is 4.41. The van der Waals surface area contributed by atoms with Gasteiger partial charge in [0.25, 0.3) is 0 Å². The maximum atomic E-state index is 12.3. The normalized spacial score (nSPS) is 11.3. The summed E-state index contributed by atoms with van der Waals surface area (Å²) in [6.07, 6.45) is 1.93. The summed E-state index contributed by atoms with van der Waals surface area (Å²) in [7, 11) is -3.42. The van der Waals surface area contributed by atoms with E-state index in [9.17, 15) is 13.2 Å². The van der Waals surface area contributed by atoms with Gasteiger partial charge in [-0.1, -0.05) is 23.7 Å². The molecule has 2 aromatic rings. The number of aryl methyl sites for hydroxylation is 2. The molecular formula is C21H27ClN2O3S2. The Morgan fingerprint density at radius 2 is 1.83 bits per heavy atom. The number of nitrogens with zero attached hydrogens (tertiary/aromatic N) is 1. The van der Waals surface area contributed by atoms with E-state index in [1.807, 2.05) is 56.3 Å². The SMILES string of the molecule is Cc1ccc(C)c(N(CCCC(=O)NCCSc2ccc(Cl)cc2)S(C)(=O)=O)c1. The molecule has 1 amide bonds. The Morgan fingerprint density at radius 3 is 2.48 bits per heavy atom. The Labute approximate surface area is 182 Å². The lowest BCUT2D eigenvalue weighted by Crippen LogP contribution is -2.33. The highest BCUT2D eigenvalue weighted by molar-refractivity contribution is 7.99. The molecule has 0 heterocycles.